The number of carbonyl (C=O) groups excluding carboxylic acids is 2. The van der Waals surface area contributed by atoms with Crippen LogP contribution in [0.1, 0.15) is 12.5 Å². The van der Waals surface area contributed by atoms with Gasteiger partial charge in [-0.15, -0.1) is 0 Å². The minimum atomic E-state index is -4.44. The molecule has 0 unspecified atom stereocenters. The molecule has 1 N–H and O–H groups in total. The van der Waals surface area contributed by atoms with E-state index in [2.05, 4.69) is 5.32 Å². The van der Waals surface area contributed by atoms with Crippen LogP contribution in [0.25, 0.3) is 0 Å². The van der Waals surface area contributed by atoms with Crippen molar-refractivity contribution in [1.82, 2.24) is 4.90 Å². The fourth-order valence-corrected chi connectivity index (χ4v) is 1.92. The van der Waals surface area contributed by atoms with Gasteiger partial charge in [0.2, 0.25) is 11.8 Å². The Bertz CT molecular complexity index is 537. The van der Waals surface area contributed by atoms with Gasteiger partial charge in [0.05, 0.1) is 11.5 Å². The summed E-state index contributed by atoms with van der Waals surface area (Å²) in [5.74, 6) is -0.858. The van der Waals surface area contributed by atoms with Crippen molar-refractivity contribution in [3.05, 3.63) is 29.8 Å². The van der Waals surface area contributed by atoms with Crippen molar-refractivity contribution in [2.24, 2.45) is 5.92 Å². The van der Waals surface area contributed by atoms with Crippen LogP contribution in [-0.4, -0.2) is 29.8 Å². The van der Waals surface area contributed by atoms with E-state index in [1.807, 2.05) is 0 Å². The summed E-state index contributed by atoms with van der Waals surface area (Å²) in [6.07, 6.45) is -4.44. The predicted molar refractivity (Wildman–Crippen MR) is 65.8 cm³/mol. The van der Waals surface area contributed by atoms with Gasteiger partial charge in [-0.2, -0.15) is 13.2 Å². The first-order chi connectivity index (χ1) is 9.27. The first kappa shape index (κ1) is 14.4. The number of nitrogens with one attached hydrogen (secondary N) is 1. The SMILES string of the molecule is CC(=O)N1CC(C(=O)Nc2cccc(C(F)(F)F)c2)C1. The van der Waals surface area contributed by atoms with Crippen LogP contribution in [-0.2, 0) is 15.8 Å². The number of likely N-dealkylation sites (tertiary alicyclic amines) is 1. The number of benzene rings is 1. The molecule has 108 valence electrons. The number of anilines is 1. The van der Waals surface area contributed by atoms with Crippen LogP contribution < -0.4 is 5.32 Å². The number of halogens is 3. The minimum Gasteiger partial charge on any atom is -0.341 e. The number of rotatable bonds is 2. The molecule has 0 aliphatic carbocycles. The fraction of sp³-hybridized carbons (Fsp3) is 0.385. The lowest BCUT2D eigenvalue weighted by molar-refractivity contribution is -0.140. The van der Waals surface area contributed by atoms with Crippen molar-refractivity contribution >= 4 is 17.5 Å². The summed E-state index contributed by atoms with van der Waals surface area (Å²) in [6.45, 7) is 2.02. The number of alkyl halides is 3. The minimum absolute atomic E-state index is 0.103. The Balaban J connectivity index is 1.97. The van der Waals surface area contributed by atoms with Gasteiger partial charge in [0.1, 0.15) is 0 Å². The Morgan fingerprint density at radius 2 is 1.95 bits per heavy atom. The van der Waals surface area contributed by atoms with Gasteiger partial charge in [0.25, 0.3) is 0 Å². The summed E-state index contributed by atoms with van der Waals surface area (Å²) in [7, 11) is 0. The molecule has 0 spiro atoms. The third kappa shape index (κ3) is 3.09. The van der Waals surface area contributed by atoms with E-state index in [9.17, 15) is 22.8 Å². The molecule has 7 heteroatoms. The monoisotopic (exact) mass is 286 g/mol. The van der Waals surface area contributed by atoms with Crippen LogP contribution in [0.5, 0.6) is 0 Å². The van der Waals surface area contributed by atoms with Crippen LogP contribution in [0.15, 0.2) is 24.3 Å². The molecule has 1 aromatic carbocycles. The van der Waals surface area contributed by atoms with Gasteiger partial charge in [-0.25, -0.2) is 0 Å². The molecule has 4 nitrogen and oxygen atoms in total. The molecule has 0 saturated carbocycles. The summed E-state index contributed by atoms with van der Waals surface area (Å²) >= 11 is 0. The highest BCUT2D eigenvalue weighted by Crippen LogP contribution is 2.30. The van der Waals surface area contributed by atoms with E-state index in [1.165, 1.54) is 24.0 Å². The maximum Gasteiger partial charge on any atom is 0.416 e. The molecule has 1 fully saturated rings. The molecule has 1 heterocycles. The normalized spacial score (nSPS) is 15.7. The molecule has 1 aliphatic rings. The van der Waals surface area contributed by atoms with Crippen LogP contribution in [0.4, 0.5) is 18.9 Å². The Morgan fingerprint density at radius 1 is 1.30 bits per heavy atom. The quantitative estimate of drug-likeness (QED) is 0.905. The summed E-state index contributed by atoms with van der Waals surface area (Å²) in [6, 6.07) is 4.46. The third-order valence-electron chi connectivity index (χ3n) is 3.16. The average molecular weight is 286 g/mol. The van der Waals surface area contributed by atoms with E-state index < -0.39 is 11.7 Å². The van der Waals surface area contributed by atoms with Crippen molar-refractivity contribution in [3.8, 4) is 0 Å². The number of amides is 2. The third-order valence-corrected chi connectivity index (χ3v) is 3.16. The van der Waals surface area contributed by atoms with Crippen molar-refractivity contribution < 1.29 is 22.8 Å². The molecule has 1 aromatic rings. The molecule has 0 radical (unpaired) electrons. The number of carbonyl (C=O) groups is 2. The second-order valence-electron chi connectivity index (χ2n) is 4.69. The van der Waals surface area contributed by atoms with Crippen LogP contribution in [0.2, 0.25) is 0 Å². The molecular formula is C13H13F3N2O2. The molecular weight excluding hydrogens is 273 g/mol. The van der Waals surface area contributed by atoms with Gasteiger partial charge in [-0.05, 0) is 18.2 Å². The Labute approximate surface area is 113 Å². The standard InChI is InChI=1S/C13H13F3N2O2/c1-8(19)18-6-9(7-18)12(20)17-11-4-2-3-10(5-11)13(14,15)16/h2-5,9H,6-7H2,1H3,(H,17,20). The molecule has 0 atom stereocenters. The molecule has 2 amide bonds. The molecule has 1 saturated heterocycles. The van der Waals surface area contributed by atoms with E-state index >= 15 is 0 Å². The lowest BCUT2D eigenvalue weighted by Gasteiger charge is -2.37. The Hall–Kier alpha value is -2.05. The molecule has 2 rings (SSSR count). The first-order valence-electron chi connectivity index (χ1n) is 6.01. The Kier molecular flexibility index (Phi) is 3.69. The summed E-state index contributed by atoms with van der Waals surface area (Å²) in [5, 5.41) is 2.44. The van der Waals surface area contributed by atoms with E-state index in [0.717, 1.165) is 12.1 Å². The lowest BCUT2D eigenvalue weighted by atomic mass is 9.99. The van der Waals surface area contributed by atoms with Gasteiger partial charge in [-0.3, -0.25) is 9.59 Å². The zero-order valence-corrected chi connectivity index (χ0v) is 10.7. The average Bonchev–Trinajstić information content (AvgIpc) is 2.25. The van der Waals surface area contributed by atoms with E-state index in [-0.39, 0.29) is 23.4 Å². The van der Waals surface area contributed by atoms with Crippen molar-refractivity contribution in [2.45, 2.75) is 13.1 Å². The highest BCUT2D eigenvalue weighted by molar-refractivity contribution is 5.94. The van der Waals surface area contributed by atoms with Gasteiger partial charge in [-0.1, -0.05) is 6.07 Å². The molecule has 20 heavy (non-hydrogen) atoms. The summed E-state index contributed by atoms with van der Waals surface area (Å²) in [4.78, 5) is 24.3. The van der Waals surface area contributed by atoms with Crippen LogP contribution in [0, 0.1) is 5.92 Å². The van der Waals surface area contributed by atoms with E-state index in [0.29, 0.717) is 13.1 Å². The largest absolute Gasteiger partial charge is 0.416 e. The maximum atomic E-state index is 12.5. The van der Waals surface area contributed by atoms with Crippen molar-refractivity contribution in [1.29, 1.82) is 0 Å². The number of hydrogen-bond donors (Lipinski definition) is 1. The maximum absolute atomic E-state index is 12.5. The number of nitrogens with zero attached hydrogens (tertiary/aromatic N) is 1. The van der Waals surface area contributed by atoms with Gasteiger partial charge in [0.15, 0.2) is 0 Å². The predicted octanol–water partition coefficient (Wildman–Crippen LogP) is 2.12. The van der Waals surface area contributed by atoms with E-state index in [1.54, 1.807) is 0 Å². The second kappa shape index (κ2) is 5.15. The molecule has 1 aliphatic heterocycles. The summed E-state index contributed by atoms with van der Waals surface area (Å²) in [5.41, 5.74) is -0.708. The van der Waals surface area contributed by atoms with Crippen LogP contribution in [0.3, 0.4) is 0 Å². The number of hydrogen-bond acceptors (Lipinski definition) is 2. The van der Waals surface area contributed by atoms with Crippen LogP contribution >= 0.6 is 0 Å². The van der Waals surface area contributed by atoms with E-state index in [4.69, 9.17) is 0 Å². The second-order valence-corrected chi connectivity index (χ2v) is 4.69. The topological polar surface area (TPSA) is 49.4 Å². The van der Waals surface area contributed by atoms with Gasteiger partial charge < -0.3 is 10.2 Å². The highest BCUT2D eigenvalue weighted by Gasteiger charge is 2.34. The van der Waals surface area contributed by atoms with Crippen molar-refractivity contribution in [2.75, 3.05) is 18.4 Å². The van der Waals surface area contributed by atoms with Crippen molar-refractivity contribution in [3.63, 3.8) is 0 Å². The smallest absolute Gasteiger partial charge is 0.341 e. The Morgan fingerprint density at radius 3 is 2.50 bits per heavy atom. The first-order valence-corrected chi connectivity index (χ1v) is 6.01. The summed E-state index contributed by atoms with van der Waals surface area (Å²) < 4.78 is 37.6. The zero-order valence-electron chi connectivity index (χ0n) is 10.7. The van der Waals surface area contributed by atoms with Gasteiger partial charge in [0, 0.05) is 25.7 Å². The molecule has 0 aromatic heterocycles. The highest BCUT2D eigenvalue weighted by atomic mass is 19.4. The zero-order chi connectivity index (χ0) is 14.9. The van der Waals surface area contributed by atoms with Gasteiger partial charge >= 0.3 is 6.18 Å². The molecule has 0 bridgehead atoms. The fourth-order valence-electron chi connectivity index (χ4n) is 1.92. The lowest BCUT2D eigenvalue weighted by Crippen LogP contribution is -2.53.